The Hall–Kier alpha value is -2.44. The third kappa shape index (κ3) is 3.67. The molecule has 2 amide bonds. The summed E-state index contributed by atoms with van der Waals surface area (Å²) in [7, 11) is 0. The fourth-order valence-electron chi connectivity index (χ4n) is 2.62. The Kier molecular flexibility index (Phi) is 4.40. The van der Waals surface area contributed by atoms with Gasteiger partial charge in [0.1, 0.15) is 0 Å². The maximum atomic E-state index is 12.4. The Labute approximate surface area is 134 Å². The number of hydrogen-bond acceptors (Lipinski definition) is 4. The van der Waals surface area contributed by atoms with Crippen molar-refractivity contribution in [1.29, 1.82) is 0 Å². The molecule has 124 valence electrons. The van der Waals surface area contributed by atoms with Crippen LogP contribution in [0.3, 0.4) is 0 Å². The van der Waals surface area contributed by atoms with Crippen molar-refractivity contribution < 1.29 is 14.5 Å². The van der Waals surface area contributed by atoms with Crippen molar-refractivity contribution in [2.75, 3.05) is 11.9 Å². The van der Waals surface area contributed by atoms with Crippen LogP contribution < -0.4 is 5.32 Å². The number of rotatable bonds is 3. The van der Waals surface area contributed by atoms with Crippen LogP contribution in [0.5, 0.6) is 0 Å². The molecule has 0 bridgehead atoms. The number of amides is 2. The van der Waals surface area contributed by atoms with E-state index in [-0.39, 0.29) is 29.5 Å². The zero-order chi connectivity index (χ0) is 17.4. The number of carbonyl (C=O) groups excluding carboxylic acids is 2. The SMILES string of the molecule is Cc1ccc([N+](=O)[O-])cc1NC(=O)C1CC(=O)N(C(C)(C)C)C1. The van der Waals surface area contributed by atoms with Crippen molar-refractivity contribution in [3.8, 4) is 0 Å². The van der Waals surface area contributed by atoms with E-state index in [1.807, 2.05) is 20.8 Å². The van der Waals surface area contributed by atoms with Gasteiger partial charge in [0.15, 0.2) is 0 Å². The van der Waals surface area contributed by atoms with E-state index in [1.165, 1.54) is 12.1 Å². The summed E-state index contributed by atoms with van der Waals surface area (Å²) >= 11 is 0. The highest BCUT2D eigenvalue weighted by Gasteiger charge is 2.39. The van der Waals surface area contributed by atoms with Crippen LogP contribution in [0.2, 0.25) is 0 Å². The van der Waals surface area contributed by atoms with E-state index in [0.717, 1.165) is 5.56 Å². The van der Waals surface area contributed by atoms with Gasteiger partial charge >= 0.3 is 0 Å². The Morgan fingerprint density at radius 1 is 1.39 bits per heavy atom. The van der Waals surface area contributed by atoms with Gasteiger partial charge in [0.2, 0.25) is 11.8 Å². The molecule has 0 radical (unpaired) electrons. The van der Waals surface area contributed by atoms with Gasteiger partial charge in [-0.1, -0.05) is 6.07 Å². The summed E-state index contributed by atoms with van der Waals surface area (Å²) in [6.07, 6.45) is 0.164. The van der Waals surface area contributed by atoms with Crippen molar-refractivity contribution in [1.82, 2.24) is 4.90 Å². The summed E-state index contributed by atoms with van der Waals surface area (Å²) in [5, 5.41) is 13.6. The number of nitrogens with one attached hydrogen (secondary N) is 1. The average Bonchev–Trinajstić information content (AvgIpc) is 2.83. The third-order valence-electron chi connectivity index (χ3n) is 4.00. The van der Waals surface area contributed by atoms with Crippen LogP contribution in [0, 0.1) is 23.0 Å². The summed E-state index contributed by atoms with van der Waals surface area (Å²) in [6, 6.07) is 4.33. The van der Waals surface area contributed by atoms with Gasteiger partial charge in [0.05, 0.1) is 16.5 Å². The van der Waals surface area contributed by atoms with Gasteiger partial charge in [0.25, 0.3) is 5.69 Å². The molecule has 1 aliphatic rings. The summed E-state index contributed by atoms with van der Waals surface area (Å²) < 4.78 is 0. The number of aryl methyl sites for hydroxylation is 1. The predicted molar refractivity (Wildman–Crippen MR) is 86.0 cm³/mol. The van der Waals surface area contributed by atoms with Crippen molar-refractivity contribution >= 4 is 23.2 Å². The average molecular weight is 319 g/mol. The van der Waals surface area contributed by atoms with E-state index in [2.05, 4.69) is 5.32 Å². The lowest BCUT2D eigenvalue weighted by atomic mass is 10.1. The van der Waals surface area contributed by atoms with E-state index in [4.69, 9.17) is 0 Å². The zero-order valence-corrected chi connectivity index (χ0v) is 13.8. The summed E-state index contributed by atoms with van der Waals surface area (Å²) in [5.41, 5.74) is 0.740. The first-order valence-corrected chi connectivity index (χ1v) is 7.46. The highest BCUT2D eigenvalue weighted by atomic mass is 16.6. The zero-order valence-electron chi connectivity index (χ0n) is 13.8. The Balaban J connectivity index is 2.13. The van der Waals surface area contributed by atoms with Crippen LogP contribution in [0.4, 0.5) is 11.4 Å². The molecule has 0 saturated carbocycles. The van der Waals surface area contributed by atoms with Gasteiger partial charge in [-0.2, -0.15) is 0 Å². The van der Waals surface area contributed by atoms with Crippen LogP contribution in [-0.2, 0) is 9.59 Å². The Morgan fingerprint density at radius 3 is 2.57 bits per heavy atom. The first-order chi connectivity index (χ1) is 10.6. The minimum Gasteiger partial charge on any atom is -0.337 e. The first kappa shape index (κ1) is 16.9. The molecule has 7 heteroatoms. The predicted octanol–water partition coefficient (Wildman–Crippen LogP) is 2.49. The second-order valence-corrected chi connectivity index (χ2v) is 6.82. The van der Waals surface area contributed by atoms with Gasteiger partial charge in [-0.05, 0) is 33.3 Å². The second kappa shape index (κ2) is 5.98. The number of likely N-dealkylation sites (tertiary alicyclic amines) is 1. The molecular formula is C16H21N3O4. The van der Waals surface area contributed by atoms with Crippen molar-refractivity contribution in [3.05, 3.63) is 33.9 Å². The smallest absolute Gasteiger partial charge is 0.271 e. The maximum Gasteiger partial charge on any atom is 0.271 e. The van der Waals surface area contributed by atoms with Gasteiger partial charge in [-0.15, -0.1) is 0 Å². The van der Waals surface area contributed by atoms with Crippen LogP contribution in [0.25, 0.3) is 0 Å². The third-order valence-corrected chi connectivity index (χ3v) is 4.00. The molecule has 1 atom stereocenters. The summed E-state index contributed by atoms with van der Waals surface area (Å²) in [6.45, 7) is 7.91. The number of nitro benzene ring substituents is 1. The monoisotopic (exact) mass is 319 g/mol. The van der Waals surface area contributed by atoms with Crippen molar-refractivity contribution in [2.45, 2.75) is 39.7 Å². The van der Waals surface area contributed by atoms with E-state index in [9.17, 15) is 19.7 Å². The van der Waals surface area contributed by atoms with E-state index >= 15 is 0 Å². The molecule has 1 aliphatic heterocycles. The van der Waals surface area contributed by atoms with E-state index < -0.39 is 10.8 Å². The normalized spacial score (nSPS) is 18.2. The largest absolute Gasteiger partial charge is 0.337 e. The van der Waals surface area contributed by atoms with Gasteiger partial charge in [-0.3, -0.25) is 19.7 Å². The van der Waals surface area contributed by atoms with Gasteiger partial charge < -0.3 is 10.2 Å². The minimum absolute atomic E-state index is 0.0478. The standard InChI is InChI=1S/C16H21N3O4/c1-10-5-6-12(19(22)23)8-13(10)17-15(21)11-7-14(20)18(9-11)16(2,3)4/h5-6,8,11H,7,9H2,1-4H3,(H,17,21). The molecule has 0 spiro atoms. The lowest BCUT2D eigenvalue weighted by Gasteiger charge is -2.31. The number of hydrogen-bond donors (Lipinski definition) is 1. The number of anilines is 1. The lowest BCUT2D eigenvalue weighted by molar-refractivity contribution is -0.384. The second-order valence-electron chi connectivity index (χ2n) is 6.82. The number of carbonyl (C=O) groups is 2. The molecule has 1 aromatic carbocycles. The lowest BCUT2D eigenvalue weighted by Crippen LogP contribution is -2.42. The molecule has 1 fully saturated rings. The molecule has 1 unspecified atom stereocenters. The number of nitro groups is 1. The van der Waals surface area contributed by atoms with E-state index in [1.54, 1.807) is 17.9 Å². The van der Waals surface area contributed by atoms with Crippen LogP contribution in [-0.4, -0.2) is 33.7 Å². The number of nitrogens with zero attached hydrogens (tertiary/aromatic N) is 2. The van der Waals surface area contributed by atoms with Crippen molar-refractivity contribution in [2.24, 2.45) is 5.92 Å². The van der Waals surface area contributed by atoms with Crippen LogP contribution in [0.1, 0.15) is 32.8 Å². The van der Waals surface area contributed by atoms with Crippen LogP contribution in [0.15, 0.2) is 18.2 Å². The van der Waals surface area contributed by atoms with Gasteiger partial charge in [0, 0.05) is 30.6 Å². The molecule has 1 saturated heterocycles. The highest BCUT2D eigenvalue weighted by molar-refractivity contribution is 5.98. The Bertz CT molecular complexity index is 664. The Morgan fingerprint density at radius 2 is 2.04 bits per heavy atom. The quantitative estimate of drug-likeness (QED) is 0.684. The molecule has 1 N–H and O–H groups in total. The molecular weight excluding hydrogens is 298 g/mol. The molecule has 0 aliphatic carbocycles. The summed E-state index contributed by atoms with van der Waals surface area (Å²) in [4.78, 5) is 36.5. The molecule has 7 nitrogen and oxygen atoms in total. The summed E-state index contributed by atoms with van der Waals surface area (Å²) in [5.74, 6) is -0.775. The maximum absolute atomic E-state index is 12.4. The van der Waals surface area contributed by atoms with Gasteiger partial charge in [-0.25, -0.2) is 0 Å². The topological polar surface area (TPSA) is 92.5 Å². The molecule has 1 aromatic rings. The number of benzene rings is 1. The molecule has 0 aromatic heterocycles. The number of non-ortho nitro benzene ring substituents is 1. The minimum atomic E-state index is -0.504. The first-order valence-electron chi connectivity index (χ1n) is 7.46. The fourth-order valence-corrected chi connectivity index (χ4v) is 2.62. The van der Waals surface area contributed by atoms with Crippen molar-refractivity contribution in [3.63, 3.8) is 0 Å². The van der Waals surface area contributed by atoms with E-state index in [0.29, 0.717) is 12.2 Å². The molecule has 1 heterocycles. The fraction of sp³-hybridized carbons (Fsp3) is 0.500. The van der Waals surface area contributed by atoms with Crippen LogP contribution >= 0.6 is 0 Å². The highest BCUT2D eigenvalue weighted by Crippen LogP contribution is 2.28. The molecule has 2 rings (SSSR count). The molecule has 23 heavy (non-hydrogen) atoms.